The van der Waals surface area contributed by atoms with Gasteiger partial charge in [0.25, 0.3) is 5.91 Å². The molecule has 0 bridgehead atoms. The first kappa shape index (κ1) is 12.9. The van der Waals surface area contributed by atoms with Crippen molar-refractivity contribution in [1.82, 2.24) is 5.32 Å². The van der Waals surface area contributed by atoms with Crippen LogP contribution in [0.1, 0.15) is 41.6 Å². The van der Waals surface area contributed by atoms with E-state index in [2.05, 4.69) is 5.32 Å². The maximum Gasteiger partial charge on any atom is 0.251 e. The van der Waals surface area contributed by atoms with Crippen molar-refractivity contribution >= 4 is 11.6 Å². The molecule has 3 N–H and O–H groups in total. The number of carbonyl (C=O) groups excluding carboxylic acids is 1. The second-order valence-electron chi connectivity index (χ2n) is 5.01. The third-order valence-electron chi connectivity index (χ3n) is 3.71. The average Bonchev–Trinajstić information content (AvgIpc) is 2.28. The lowest BCUT2D eigenvalue weighted by atomic mass is 9.83. The first-order valence-electron chi connectivity index (χ1n) is 6.41. The maximum atomic E-state index is 13.5. The quantitative estimate of drug-likeness (QED) is 0.807. The molecule has 0 unspecified atom stereocenters. The van der Waals surface area contributed by atoms with Crippen LogP contribution in [0.2, 0.25) is 0 Å². The van der Waals surface area contributed by atoms with Gasteiger partial charge in [-0.15, -0.1) is 0 Å². The van der Waals surface area contributed by atoms with Crippen LogP contribution >= 0.6 is 0 Å². The number of benzene rings is 1. The van der Waals surface area contributed by atoms with Crippen LogP contribution in [0.3, 0.4) is 0 Å². The van der Waals surface area contributed by atoms with Crippen molar-refractivity contribution in [2.24, 2.45) is 5.92 Å². The zero-order valence-corrected chi connectivity index (χ0v) is 10.6. The van der Waals surface area contributed by atoms with E-state index in [9.17, 15) is 9.18 Å². The number of hydrogen-bond donors (Lipinski definition) is 2. The third kappa shape index (κ3) is 2.81. The average molecular weight is 250 g/mol. The molecule has 1 fully saturated rings. The summed E-state index contributed by atoms with van der Waals surface area (Å²) in [5, 5.41) is 2.81. The number of amides is 1. The minimum Gasteiger partial charge on any atom is -0.398 e. The van der Waals surface area contributed by atoms with Gasteiger partial charge in [-0.25, -0.2) is 4.39 Å². The first-order chi connectivity index (χ1) is 8.58. The molecular weight excluding hydrogens is 231 g/mol. The Bertz CT molecular complexity index is 432. The summed E-state index contributed by atoms with van der Waals surface area (Å²) in [5.41, 5.74) is 6.65. The van der Waals surface area contributed by atoms with E-state index in [4.69, 9.17) is 5.73 Å². The Morgan fingerprint density at radius 3 is 2.78 bits per heavy atom. The number of halogens is 1. The van der Waals surface area contributed by atoms with Crippen LogP contribution in [0.15, 0.2) is 12.1 Å². The molecule has 1 amide bonds. The molecule has 0 heterocycles. The largest absolute Gasteiger partial charge is 0.398 e. The molecule has 4 heteroatoms. The Hall–Kier alpha value is -1.58. The molecule has 0 radical (unpaired) electrons. The Morgan fingerprint density at radius 1 is 1.50 bits per heavy atom. The smallest absolute Gasteiger partial charge is 0.251 e. The molecule has 1 aromatic carbocycles. The number of rotatable bonds is 4. The van der Waals surface area contributed by atoms with Gasteiger partial charge < -0.3 is 11.1 Å². The number of anilines is 1. The van der Waals surface area contributed by atoms with E-state index in [1.54, 1.807) is 6.92 Å². The highest BCUT2D eigenvalue weighted by Gasteiger charge is 2.17. The minimum absolute atomic E-state index is 0.250. The van der Waals surface area contributed by atoms with Crippen LogP contribution in [0.5, 0.6) is 0 Å². The molecule has 1 aromatic rings. The van der Waals surface area contributed by atoms with Gasteiger partial charge >= 0.3 is 0 Å². The Morgan fingerprint density at radius 2 is 2.22 bits per heavy atom. The van der Waals surface area contributed by atoms with E-state index in [-0.39, 0.29) is 5.91 Å². The van der Waals surface area contributed by atoms with Crippen molar-refractivity contribution in [1.29, 1.82) is 0 Å². The number of nitrogen functional groups attached to an aromatic ring is 1. The summed E-state index contributed by atoms with van der Waals surface area (Å²) in [6, 6.07) is 2.77. The molecule has 3 nitrogen and oxygen atoms in total. The van der Waals surface area contributed by atoms with E-state index in [1.807, 2.05) is 0 Å². The van der Waals surface area contributed by atoms with Crippen LogP contribution < -0.4 is 11.1 Å². The van der Waals surface area contributed by atoms with Crippen molar-refractivity contribution < 1.29 is 9.18 Å². The molecule has 0 atom stereocenters. The summed E-state index contributed by atoms with van der Waals surface area (Å²) in [4.78, 5) is 11.8. The predicted molar refractivity (Wildman–Crippen MR) is 69.8 cm³/mol. The molecule has 1 saturated carbocycles. The highest BCUT2D eigenvalue weighted by molar-refractivity contribution is 5.95. The number of carbonyl (C=O) groups is 1. The zero-order chi connectivity index (χ0) is 13.1. The van der Waals surface area contributed by atoms with E-state index < -0.39 is 5.82 Å². The summed E-state index contributed by atoms with van der Waals surface area (Å²) < 4.78 is 13.5. The fourth-order valence-electron chi connectivity index (χ4n) is 2.10. The summed E-state index contributed by atoms with van der Waals surface area (Å²) >= 11 is 0. The second-order valence-corrected chi connectivity index (χ2v) is 5.01. The van der Waals surface area contributed by atoms with Crippen molar-refractivity contribution in [2.75, 3.05) is 12.3 Å². The summed E-state index contributed by atoms with van der Waals surface area (Å²) in [7, 11) is 0. The fourth-order valence-corrected chi connectivity index (χ4v) is 2.10. The highest BCUT2D eigenvalue weighted by atomic mass is 19.1. The lowest BCUT2D eigenvalue weighted by Gasteiger charge is -2.25. The van der Waals surface area contributed by atoms with Crippen LogP contribution in [0.4, 0.5) is 10.1 Å². The number of nitrogens with two attached hydrogens (primary N) is 1. The molecule has 1 aliphatic rings. The van der Waals surface area contributed by atoms with Crippen molar-refractivity contribution in [2.45, 2.75) is 32.6 Å². The van der Waals surface area contributed by atoms with Crippen molar-refractivity contribution in [3.8, 4) is 0 Å². The van der Waals surface area contributed by atoms with E-state index in [1.165, 1.54) is 31.4 Å². The summed E-state index contributed by atoms with van der Waals surface area (Å²) in [6.45, 7) is 2.25. The molecule has 18 heavy (non-hydrogen) atoms. The van der Waals surface area contributed by atoms with Gasteiger partial charge in [-0.2, -0.15) is 0 Å². The van der Waals surface area contributed by atoms with Gasteiger partial charge in [0.05, 0.1) is 0 Å². The predicted octanol–water partition coefficient (Wildman–Crippen LogP) is 2.64. The Labute approximate surface area is 107 Å². The second kappa shape index (κ2) is 5.38. The molecule has 0 spiro atoms. The third-order valence-corrected chi connectivity index (χ3v) is 3.71. The van der Waals surface area contributed by atoms with Crippen molar-refractivity contribution in [3.63, 3.8) is 0 Å². The van der Waals surface area contributed by atoms with Gasteiger partial charge in [0.2, 0.25) is 0 Å². The summed E-state index contributed by atoms with van der Waals surface area (Å²) in [5.74, 6) is 0.0733. The Kier molecular flexibility index (Phi) is 3.84. The normalized spacial score (nSPS) is 15.2. The van der Waals surface area contributed by atoms with Gasteiger partial charge in [-0.3, -0.25) is 4.79 Å². The monoisotopic (exact) mass is 250 g/mol. The van der Waals surface area contributed by atoms with Gasteiger partial charge in [0.1, 0.15) is 5.82 Å². The zero-order valence-electron chi connectivity index (χ0n) is 10.6. The standard InChI is InChI=1S/C14H19FN2O/c1-9-12(15)7-11(8-13(9)16)14(18)17-6-5-10-3-2-4-10/h7-8,10H,2-6,16H2,1H3,(H,17,18). The van der Waals surface area contributed by atoms with Gasteiger partial charge in [0.15, 0.2) is 0 Å². The fraction of sp³-hybridized carbons (Fsp3) is 0.500. The maximum absolute atomic E-state index is 13.5. The lowest BCUT2D eigenvalue weighted by molar-refractivity contribution is 0.0948. The van der Waals surface area contributed by atoms with Crippen molar-refractivity contribution in [3.05, 3.63) is 29.1 Å². The molecule has 1 aliphatic carbocycles. The van der Waals surface area contributed by atoms with Crippen LogP contribution in [0, 0.1) is 18.7 Å². The molecule has 0 aliphatic heterocycles. The first-order valence-corrected chi connectivity index (χ1v) is 6.41. The molecular formula is C14H19FN2O. The number of nitrogens with one attached hydrogen (secondary N) is 1. The molecule has 2 rings (SSSR count). The lowest BCUT2D eigenvalue weighted by Crippen LogP contribution is -2.27. The molecule has 98 valence electrons. The number of hydrogen-bond acceptors (Lipinski definition) is 2. The van der Waals surface area contributed by atoms with E-state index in [0.29, 0.717) is 23.4 Å². The van der Waals surface area contributed by atoms with Crippen LogP contribution in [-0.4, -0.2) is 12.5 Å². The van der Waals surface area contributed by atoms with Crippen LogP contribution in [-0.2, 0) is 0 Å². The minimum atomic E-state index is -0.431. The van der Waals surface area contributed by atoms with E-state index in [0.717, 1.165) is 12.3 Å². The summed E-state index contributed by atoms with van der Waals surface area (Å²) in [6.07, 6.45) is 4.85. The highest BCUT2D eigenvalue weighted by Crippen LogP contribution is 2.28. The molecule has 0 saturated heterocycles. The molecule has 0 aromatic heterocycles. The van der Waals surface area contributed by atoms with E-state index >= 15 is 0 Å². The van der Waals surface area contributed by atoms with Gasteiger partial charge in [-0.05, 0) is 31.4 Å². The topological polar surface area (TPSA) is 55.1 Å². The van der Waals surface area contributed by atoms with Gasteiger partial charge in [-0.1, -0.05) is 19.3 Å². The SMILES string of the molecule is Cc1c(N)cc(C(=O)NCCC2CCC2)cc1F. The van der Waals surface area contributed by atoms with Crippen LogP contribution in [0.25, 0.3) is 0 Å². The van der Waals surface area contributed by atoms with Gasteiger partial charge in [0, 0.05) is 23.4 Å². The Balaban J connectivity index is 1.91.